The van der Waals surface area contributed by atoms with Gasteiger partial charge in [-0.05, 0) is 0 Å². The fourth-order valence-corrected chi connectivity index (χ4v) is 1.44. The van der Waals surface area contributed by atoms with E-state index < -0.39 is 0 Å². The smallest absolute Gasteiger partial charge is 0.189 e. The fraction of sp³-hybridized carbons (Fsp3) is 0.0625. The number of hydrogen-bond acceptors (Lipinski definition) is 2. The van der Waals surface area contributed by atoms with Gasteiger partial charge in [-0.25, -0.2) is 0 Å². The second-order valence-electron chi connectivity index (χ2n) is 3.50. The highest BCUT2D eigenvalue weighted by molar-refractivity contribution is 6.05. The van der Waals surface area contributed by atoms with Crippen LogP contribution in [0.25, 0.3) is 0 Å². The van der Waals surface area contributed by atoms with Gasteiger partial charge in [0.2, 0.25) is 0 Å². The van der Waals surface area contributed by atoms with Crippen molar-refractivity contribution < 1.29 is 9.53 Å². The lowest BCUT2D eigenvalue weighted by Crippen LogP contribution is -1.99. The van der Waals surface area contributed by atoms with Crippen LogP contribution in [0.4, 0.5) is 0 Å². The Morgan fingerprint density at radius 2 is 1.89 bits per heavy atom. The largest absolute Gasteiger partial charge is 0.496 e. The lowest BCUT2D eigenvalue weighted by molar-refractivity contribution is 0.104. The Hall–Kier alpha value is -2.35. The lowest BCUT2D eigenvalue weighted by Gasteiger charge is -2.06. The summed E-state index contributed by atoms with van der Waals surface area (Å²) in [6.07, 6.45) is 6.43. The quantitative estimate of drug-likeness (QED) is 0.328. The summed E-state index contributed by atoms with van der Waals surface area (Å²) < 4.78 is 5.20. The molecule has 0 fully saturated rings. The number of ether oxygens (including phenoxy) is 1. The number of allylic oxidation sites excluding steroid dienone is 4. The van der Waals surface area contributed by atoms with E-state index in [4.69, 9.17) is 4.74 Å². The van der Waals surface area contributed by atoms with E-state index in [1.54, 1.807) is 30.4 Å². The Balaban J connectivity index is 3.05. The van der Waals surface area contributed by atoms with Crippen LogP contribution in [0.2, 0.25) is 0 Å². The zero-order chi connectivity index (χ0) is 13.4. The van der Waals surface area contributed by atoms with Crippen molar-refractivity contribution in [1.82, 2.24) is 0 Å². The van der Waals surface area contributed by atoms with E-state index in [9.17, 15) is 4.79 Å². The number of hydrogen-bond donors (Lipinski definition) is 0. The van der Waals surface area contributed by atoms with Gasteiger partial charge in [0, 0.05) is 17.2 Å². The van der Waals surface area contributed by atoms with Gasteiger partial charge < -0.3 is 4.74 Å². The van der Waals surface area contributed by atoms with Gasteiger partial charge in [0.25, 0.3) is 0 Å². The van der Waals surface area contributed by atoms with Gasteiger partial charge in [0.05, 0.1) is 7.11 Å². The van der Waals surface area contributed by atoms with E-state index in [-0.39, 0.29) is 5.78 Å². The molecule has 2 heteroatoms. The predicted octanol–water partition coefficient (Wildman–Crippen LogP) is 3.70. The van der Waals surface area contributed by atoms with E-state index in [1.807, 2.05) is 18.2 Å². The number of carbonyl (C=O) groups is 1. The van der Waals surface area contributed by atoms with Gasteiger partial charge in [0.15, 0.2) is 5.78 Å². The first kappa shape index (κ1) is 13.7. The molecule has 0 amide bonds. The Kier molecular flexibility index (Phi) is 5.39. The van der Waals surface area contributed by atoms with Crippen molar-refractivity contribution in [1.29, 1.82) is 0 Å². The SMILES string of the molecule is C=C/C=C(C=C)/C(=C/C(=O)c1ccccc1)OC. The van der Waals surface area contributed by atoms with Gasteiger partial charge in [0.1, 0.15) is 5.76 Å². The van der Waals surface area contributed by atoms with Crippen molar-refractivity contribution in [3.63, 3.8) is 0 Å². The van der Waals surface area contributed by atoms with Gasteiger partial charge >= 0.3 is 0 Å². The average Bonchev–Trinajstić information content (AvgIpc) is 2.43. The number of ketones is 1. The summed E-state index contributed by atoms with van der Waals surface area (Å²) >= 11 is 0. The Morgan fingerprint density at radius 1 is 1.22 bits per heavy atom. The van der Waals surface area contributed by atoms with Gasteiger partial charge in [-0.1, -0.05) is 61.7 Å². The maximum absolute atomic E-state index is 12.0. The van der Waals surface area contributed by atoms with Crippen LogP contribution < -0.4 is 0 Å². The lowest BCUT2D eigenvalue weighted by atomic mass is 10.1. The minimum atomic E-state index is -0.107. The van der Waals surface area contributed by atoms with Crippen LogP contribution in [-0.2, 0) is 4.74 Å². The maximum Gasteiger partial charge on any atom is 0.189 e. The number of methoxy groups -OCH3 is 1. The van der Waals surface area contributed by atoms with Crippen LogP contribution in [0.15, 0.2) is 79.1 Å². The Labute approximate surface area is 108 Å². The molecule has 0 bridgehead atoms. The van der Waals surface area contributed by atoms with Crippen LogP contribution in [0.3, 0.4) is 0 Å². The monoisotopic (exact) mass is 240 g/mol. The molecular formula is C16H16O2. The van der Waals surface area contributed by atoms with Crippen molar-refractivity contribution in [3.8, 4) is 0 Å². The highest BCUT2D eigenvalue weighted by Crippen LogP contribution is 2.14. The van der Waals surface area contributed by atoms with E-state index in [0.717, 1.165) is 5.57 Å². The minimum Gasteiger partial charge on any atom is -0.496 e. The summed E-state index contributed by atoms with van der Waals surface area (Å²) in [4.78, 5) is 12.0. The first-order valence-electron chi connectivity index (χ1n) is 5.53. The molecule has 0 unspecified atom stereocenters. The highest BCUT2D eigenvalue weighted by Gasteiger charge is 2.06. The second kappa shape index (κ2) is 7.07. The summed E-state index contributed by atoms with van der Waals surface area (Å²) in [6.45, 7) is 7.29. The average molecular weight is 240 g/mol. The number of benzene rings is 1. The zero-order valence-corrected chi connectivity index (χ0v) is 10.4. The molecule has 92 valence electrons. The van der Waals surface area contributed by atoms with Crippen molar-refractivity contribution in [2.24, 2.45) is 0 Å². The van der Waals surface area contributed by atoms with E-state index >= 15 is 0 Å². The second-order valence-corrected chi connectivity index (χ2v) is 3.50. The Bertz CT molecular complexity index is 493. The van der Waals surface area contributed by atoms with Crippen molar-refractivity contribution in [2.45, 2.75) is 0 Å². The van der Waals surface area contributed by atoms with Crippen molar-refractivity contribution >= 4 is 5.78 Å². The topological polar surface area (TPSA) is 26.3 Å². The number of carbonyl (C=O) groups excluding carboxylic acids is 1. The van der Waals surface area contributed by atoms with Gasteiger partial charge in [-0.15, -0.1) is 0 Å². The molecule has 0 radical (unpaired) electrons. The summed E-state index contributed by atoms with van der Waals surface area (Å²) in [7, 11) is 1.52. The summed E-state index contributed by atoms with van der Waals surface area (Å²) in [6, 6.07) is 9.03. The minimum absolute atomic E-state index is 0.107. The molecule has 0 aliphatic rings. The molecule has 0 saturated heterocycles. The van der Waals surface area contributed by atoms with E-state index in [1.165, 1.54) is 13.2 Å². The van der Waals surface area contributed by atoms with Crippen molar-refractivity contribution in [3.05, 3.63) is 84.7 Å². The molecule has 0 N–H and O–H groups in total. The molecule has 0 heterocycles. The van der Waals surface area contributed by atoms with Crippen LogP contribution in [0.1, 0.15) is 10.4 Å². The normalized spacial score (nSPS) is 11.8. The standard InChI is InChI=1S/C16H16O2/c1-4-9-13(5-2)16(18-3)12-15(17)14-10-7-6-8-11-14/h4-12H,1-2H2,3H3/b13-9+,16-12-. The molecule has 18 heavy (non-hydrogen) atoms. The third kappa shape index (κ3) is 3.59. The molecule has 1 aromatic carbocycles. The molecule has 2 nitrogen and oxygen atoms in total. The molecule has 1 aromatic rings. The molecular weight excluding hydrogens is 224 g/mol. The third-order valence-electron chi connectivity index (χ3n) is 2.34. The third-order valence-corrected chi connectivity index (χ3v) is 2.34. The molecule has 0 aromatic heterocycles. The Morgan fingerprint density at radius 3 is 2.39 bits per heavy atom. The summed E-state index contributed by atoms with van der Waals surface area (Å²) in [5, 5.41) is 0. The molecule has 0 spiro atoms. The molecule has 0 atom stereocenters. The van der Waals surface area contributed by atoms with Crippen LogP contribution in [0, 0.1) is 0 Å². The van der Waals surface area contributed by atoms with Crippen LogP contribution in [0.5, 0.6) is 0 Å². The summed E-state index contributed by atoms with van der Waals surface area (Å²) in [5.41, 5.74) is 1.34. The van der Waals surface area contributed by atoms with E-state index in [0.29, 0.717) is 11.3 Å². The maximum atomic E-state index is 12.0. The number of rotatable bonds is 6. The highest BCUT2D eigenvalue weighted by atomic mass is 16.5. The molecule has 0 aliphatic heterocycles. The van der Waals surface area contributed by atoms with Gasteiger partial charge in [-0.2, -0.15) is 0 Å². The van der Waals surface area contributed by atoms with Crippen LogP contribution >= 0.6 is 0 Å². The van der Waals surface area contributed by atoms with Gasteiger partial charge in [-0.3, -0.25) is 4.79 Å². The fourth-order valence-electron chi connectivity index (χ4n) is 1.44. The van der Waals surface area contributed by atoms with Crippen LogP contribution in [-0.4, -0.2) is 12.9 Å². The van der Waals surface area contributed by atoms with Crippen molar-refractivity contribution in [2.75, 3.05) is 7.11 Å². The van der Waals surface area contributed by atoms with E-state index in [2.05, 4.69) is 13.2 Å². The zero-order valence-electron chi connectivity index (χ0n) is 10.4. The first-order valence-corrected chi connectivity index (χ1v) is 5.53. The predicted molar refractivity (Wildman–Crippen MR) is 74.3 cm³/mol. The molecule has 0 saturated carbocycles. The molecule has 1 rings (SSSR count). The summed E-state index contributed by atoms with van der Waals surface area (Å²) in [5.74, 6) is 0.364. The molecule has 0 aliphatic carbocycles. The first-order chi connectivity index (χ1) is 8.72.